The van der Waals surface area contributed by atoms with Crippen LogP contribution in [0.4, 0.5) is 0 Å². The Morgan fingerprint density at radius 2 is 2.23 bits per heavy atom. The van der Waals surface area contributed by atoms with Crippen molar-refractivity contribution in [2.75, 3.05) is 0 Å². The third-order valence-corrected chi connectivity index (χ3v) is 4.54. The summed E-state index contributed by atoms with van der Waals surface area (Å²) in [6.45, 7) is 2.04. The van der Waals surface area contributed by atoms with Crippen molar-refractivity contribution in [1.82, 2.24) is 15.3 Å². The summed E-state index contributed by atoms with van der Waals surface area (Å²) in [5.74, 6) is 0.0810. The quantitative estimate of drug-likeness (QED) is 0.944. The van der Waals surface area contributed by atoms with Gasteiger partial charge in [0.15, 0.2) is 0 Å². The Hall–Kier alpha value is -1.94. The van der Waals surface area contributed by atoms with E-state index < -0.39 is 0 Å². The van der Waals surface area contributed by atoms with Gasteiger partial charge in [-0.25, -0.2) is 9.97 Å². The van der Waals surface area contributed by atoms with E-state index in [1.54, 1.807) is 0 Å². The molecular formula is C17H18ClN3O. The minimum atomic E-state index is -0.247. The molecule has 1 aliphatic carbocycles. The maximum absolute atomic E-state index is 12.3. The lowest BCUT2D eigenvalue weighted by Crippen LogP contribution is -2.38. The highest BCUT2D eigenvalue weighted by atomic mass is 35.5. The van der Waals surface area contributed by atoms with E-state index >= 15 is 0 Å². The molecule has 1 amide bonds. The zero-order valence-corrected chi connectivity index (χ0v) is 13.2. The largest absolute Gasteiger partial charge is 0.348 e. The third kappa shape index (κ3) is 2.97. The Bertz CT molecular complexity index is 689. The van der Waals surface area contributed by atoms with E-state index in [0.717, 1.165) is 19.3 Å². The molecule has 0 fully saturated rings. The molecule has 3 rings (SSSR count). The molecule has 0 radical (unpaired) electrons. The van der Waals surface area contributed by atoms with Crippen LogP contribution < -0.4 is 5.32 Å². The van der Waals surface area contributed by atoms with Crippen LogP contribution in [0.2, 0.25) is 5.02 Å². The Morgan fingerprint density at radius 3 is 3.05 bits per heavy atom. The van der Waals surface area contributed by atoms with Crippen LogP contribution >= 0.6 is 11.6 Å². The summed E-state index contributed by atoms with van der Waals surface area (Å²) < 4.78 is 0. The van der Waals surface area contributed by atoms with Gasteiger partial charge in [0.25, 0.3) is 5.91 Å². The lowest BCUT2D eigenvalue weighted by molar-refractivity contribution is 0.0928. The maximum Gasteiger partial charge on any atom is 0.271 e. The van der Waals surface area contributed by atoms with E-state index in [2.05, 4.69) is 39.6 Å². The second kappa shape index (κ2) is 6.44. The van der Waals surface area contributed by atoms with Crippen molar-refractivity contribution >= 4 is 17.5 Å². The summed E-state index contributed by atoms with van der Waals surface area (Å²) in [5, 5.41) is 3.31. The van der Waals surface area contributed by atoms with Gasteiger partial charge in [0.2, 0.25) is 0 Å². The van der Waals surface area contributed by atoms with Gasteiger partial charge in [0.1, 0.15) is 12.0 Å². The number of aryl methyl sites for hydroxylation is 1. The molecule has 5 heteroatoms. The number of nitrogens with one attached hydrogen (secondary N) is 1. The van der Waals surface area contributed by atoms with Crippen LogP contribution in [0, 0.1) is 0 Å². The normalized spacial score (nSPS) is 18.4. The van der Waals surface area contributed by atoms with Crippen LogP contribution in [0.25, 0.3) is 0 Å². The van der Waals surface area contributed by atoms with Crippen molar-refractivity contribution in [3.63, 3.8) is 0 Å². The highest BCUT2D eigenvalue weighted by molar-refractivity contribution is 6.33. The van der Waals surface area contributed by atoms with Gasteiger partial charge in [-0.1, -0.05) is 35.9 Å². The van der Waals surface area contributed by atoms with Crippen molar-refractivity contribution in [2.45, 2.75) is 38.1 Å². The first-order valence-electron chi connectivity index (χ1n) is 7.51. The van der Waals surface area contributed by atoms with E-state index in [-0.39, 0.29) is 22.7 Å². The molecule has 0 bridgehead atoms. The molecule has 22 heavy (non-hydrogen) atoms. The summed E-state index contributed by atoms with van der Waals surface area (Å²) in [4.78, 5) is 20.1. The van der Waals surface area contributed by atoms with Gasteiger partial charge in [0.05, 0.1) is 5.02 Å². The summed E-state index contributed by atoms with van der Waals surface area (Å²) in [7, 11) is 0. The van der Waals surface area contributed by atoms with Crippen LogP contribution in [-0.2, 0) is 6.42 Å². The molecule has 1 aliphatic rings. The van der Waals surface area contributed by atoms with Crippen LogP contribution in [0.1, 0.15) is 47.3 Å². The van der Waals surface area contributed by atoms with Crippen molar-refractivity contribution in [1.29, 1.82) is 0 Å². The van der Waals surface area contributed by atoms with Crippen molar-refractivity contribution < 1.29 is 4.79 Å². The zero-order chi connectivity index (χ0) is 15.5. The molecule has 4 nitrogen and oxygen atoms in total. The van der Waals surface area contributed by atoms with Crippen molar-refractivity contribution in [2.24, 2.45) is 0 Å². The minimum Gasteiger partial charge on any atom is -0.348 e. The van der Waals surface area contributed by atoms with Crippen molar-refractivity contribution in [3.05, 3.63) is 58.6 Å². The SMILES string of the molecule is C[C@@H](NC(=O)c1ncncc1Cl)C1CCCc2ccccc21. The lowest BCUT2D eigenvalue weighted by Gasteiger charge is -2.30. The summed E-state index contributed by atoms with van der Waals surface area (Å²) in [6.07, 6.45) is 6.11. The first kappa shape index (κ1) is 15.0. The topological polar surface area (TPSA) is 54.9 Å². The fourth-order valence-corrected chi connectivity index (χ4v) is 3.36. The maximum atomic E-state index is 12.3. The van der Waals surface area contributed by atoms with Crippen LogP contribution in [-0.4, -0.2) is 21.9 Å². The summed E-state index contributed by atoms with van der Waals surface area (Å²) in [6, 6.07) is 8.51. The van der Waals surface area contributed by atoms with E-state index in [0.29, 0.717) is 5.92 Å². The number of aromatic nitrogens is 2. The Balaban J connectivity index is 1.77. The van der Waals surface area contributed by atoms with Crippen LogP contribution in [0.15, 0.2) is 36.8 Å². The molecular weight excluding hydrogens is 298 g/mol. The lowest BCUT2D eigenvalue weighted by atomic mass is 9.79. The molecule has 0 saturated heterocycles. The van der Waals surface area contributed by atoms with Gasteiger partial charge in [-0.2, -0.15) is 0 Å². The fraction of sp³-hybridized carbons (Fsp3) is 0.353. The number of benzene rings is 1. The molecule has 114 valence electrons. The number of carbonyl (C=O) groups is 1. The van der Waals surface area contributed by atoms with Gasteiger partial charge in [0, 0.05) is 18.2 Å². The molecule has 1 unspecified atom stereocenters. The highest BCUT2D eigenvalue weighted by Gasteiger charge is 2.26. The van der Waals surface area contributed by atoms with Gasteiger partial charge in [-0.3, -0.25) is 4.79 Å². The second-order valence-corrected chi connectivity index (χ2v) is 6.09. The van der Waals surface area contributed by atoms with Crippen LogP contribution in [0.5, 0.6) is 0 Å². The average molecular weight is 316 g/mol. The highest BCUT2D eigenvalue weighted by Crippen LogP contribution is 2.33. The number of hydrogen-bond donors (Lipinski definition) is 1. The van der Waals surface area contributed by atoms with E-state index in [4.69, 9.17) is 11.6 Å². The number of nitrogens with zero attached hydrogens (tertiary/aromatic N) is 2. The predicted molar refractivity (Wildman–Crippen MR) is 86.1 cm³/mol. The molecule has 1 aromatic heterocycles. The van der Waals surface area contributed by atoms with E-state index in [1.807, 2.05) is 6.92 Å². The number of fused-ring (bicyclic) bond motifs is 1. The number of rotatable bonds is 3. The molecule has 0 saturated carbocycles. The van der Waals surface area contributed by atoms with Crippen molar-refractivity contribution in [3.8, 4) is 0 Å². The molecule has 1 heterocycles. The summed E-state index contributed by atoms with van der Waals surface area (Å²) in [5.41, 5.74) is 2.96. The molecule has 0 spiro atoms. The molecule has 0 aliphatic heterocycles. The standard InChI is InChI=1S/C17H18ClN3O/c1-11(21-17(22)16-15(18)9-19-10-20-16)13-8-4-6-12-5-2-3-7-14(12)13/h2-3,5,7,9-11,13H,4,6,8H2,1H3,(H,21,22)/t11-,13?/m1/s1. The van der Waals surface area contributed by atoms with Gasteiger partial charge in [-0.15, -0.1) is 0 Å². The predicted octanol–water partition coefficient (Wildman–Crippen LogP) is 3.37. The smallest absolute Gasteiger partial charge is 0.271 e. The monoisotopic (exact) mass is 315 g/mol. The second-order valence-electron chi connectivity index (χ2n) is 5.68. The molecule has 2 aromatic rings. The number of amides is 1. The number of carbonyl (C=O) groups excluding carboxylic acids is 1. The Kier molecular flexibility index (Phi) is 4.39. The molecule has 2 atom stereocenters. The third-order valence-electron chi connectivity index (χ3n) is 4.26. The van der Waals surface area contributed by atoms with Gasteiger partial charge >= 0.3 is 0 Å². The van der Waals surface area contributed by atoms with E-state index in [9.17, 15) is 4.79 Å². The zero-order valence-electron chi connectivity index (χ0n) is 12.4. The number of hydrogen-bond acceptors (Lipinski definition) is 3. The number of halogens is 1. The van der Waals surface area contributed by atoms with Gasteiger partial charge < -0.3 is 5.32 Å². The summed E-state index contributed by atoms with van der Waals surface area (Å²) >= 11 is 5.98. The fourth-order valence-electron chi connectivity index (χ4n) is 3.17. The van der Waals surface area contributed by atoms with E-state index in [1.165, 1.54) is 23.7 Å². The van der Waals surface area contributed by atoms with Gasteiger partial charge in [-0.05, 0) is 37.3 Å². The van der Waals surface area contributed by atoms with Crippen LogP contribution in [0.3, 0.4) is 0 Å². The molecule has 1 aromatic carbocycles. The first-order valence-corrected chi connectivity index (χ1v) is 7.89. The molecule has 1 N–H and O–H groups in total. The minimum absolute atomic E-state index is 0.0278. The average Bonchev–Trinajstić information content (AvgIpc) is 2.54. The Morgan fingerprint density at radius 1 is 1.41 bits per heavy atom. The Labute approximate surface area is 134 Å². The first-order chi connectivity index (χ1) is 10.7.